The molecule has 0 fully saturated rings. The molecule has 3 aromatic rings. The summed E-state index contributed by atoms with van der Waals surface area (Å²) >= 11 is 0. The Morgan fingerprint density at radius 1 is 0.933 bits per heavy atom. The third kappa shape index (κ3) is 4.47. The number of carbonyl (C=O) groups excluding carboxylic acids is 1. The van der Waals surface area contributed by atoms with Crippen LogP contribution in [0.1, 0.15) is 31.1 Å². The van der Waals surface area contributed by atoms with E-state index < -0.39 is 10.0 Å². The van der Waals surface area contributed by atoms with Crippen LogP contribution in [0.15, 0.2) is 65.6 Å². The van der Waals surface area contributed by atoms with Gasteiger partial charge in [-0.25, -0.2) is 8.42 Å². The Bertz CT molecular complexity index is 1150. The van der Waals surface area contributed by atoms with E-state index in [0.29, 0.717) is 36.7 Å². The maximum atomic E-state index is 12.9. The van der Waals surface area contributed by atoms with Crippen molar-refractivity contribution in [1.29, 1.82) is 0 Å². The number of carbonyl (C=O) groups is 1. The van der Waals surface area contributed by atoms with E-state index in [1.807, 2.05) is 43.3 Å². The lowest BCUT2D eigenvalue weighted by atomic mass is 10.1. The zero-order valence-corrected chi connectivity index (χ0v) is 18.2. The van der Waals surface area contributed by atoms with E-state index in [1.54, 1.807) is 26.0 Å². The molecule has 1 N–H and O–H groups in total. The van der Waals surface area contributed by atoms with Crippen LogP contribution in [0.5, 0.6) is 5.75 Å². The fourth-order valence-corrected chi connectivity index (χ4v) is 4.77. The van der Waals surface area contributed by atoms with E-state index in [1.165, 1.54) is 16.4 Å². The minimum atomic E-state index is -3.66. The summed E-state index contributed by atoms with van der Waals surface area (Å²) in [6.07, 6.45) is 0. The largest absolute Gasteiger partial charge is 0.492 e. The maximum Gasteiger partial charge on any atom is 0.255 e. The summed E-state index contributed by atoms with van der Waals surface area (Å²) in [6.45, 7) is 6.53. The SMILES string of the molecule is CCOc1ccc(S(=O)(=O)N(CC)CC)cc1NC(=O)c1ccc2ccccc2c1. The molecule has 0 aliphatic heterocycles. The minimum Gasteiger partial charge on any atom is -0.492 e. The lowest BCUT2D eigenvalue weighted by molar-refractivity contribution is 0.102. The number of anilines is 1. The lowest BCUT2D eigenvalue weighted by Gasteiger charge is -2.20. The Hall–Kier alpha value is -2.90. The number of rotatable bonds is 8. The average Bonchev–Trinajstić information content (AvgIpc) is 2.75. The topological polar surface area (TPSA) is 75.7 Å². The molecule has 0 saturated carbocycles. The molecule has 0 unspecified atom stereocenters. The van der Waals surface area contributed by atoms with Crippen LogP contribution in [0.25, 0.3) is 10.8 Å². The van der Waals surface area contributed by atoms with Crippen LogP contribution in [0, 0.1) is 0 Å². The zero-order chi connectivity index (χ0) is 21.7. The van der Waals surface area contributed by atoms with Crippen molar-refractivity contribution in [1.82, 2.24) is 4.31 Å². The standard InChI is InChI=1S/C23H26N2O4S/c1-4-25(5-2)30(27,28)20-13-14-22(29-6-3)21(16-20)24-23(26)19-12-11-17-9-7-8-10-18(17)15-19/h7-16H,4-6H2,1-3H3,(H,24,26). The molecule has 0 aromatic heterocycles. The summed E-state index contributed by atoms with van der Waals surface area (Å²) in [7, 11) is -3.66. The summed E-state index contributed by atoms with van der Waals surface area (Å²) in [5, 5.41) is 4.81. The maximum absolute atomic E-state index is 12.9. The summed E-state index contributed by atoms with van der Waals surface area (Å²) in [6, 6.07) is 17.8. The molecule has 1 amide bonds. The van der Waals surface area contributed by atoms with Crippen LogP contribution in [0.2, 0.25) is 0 Å². The number of hydrogen-bond acceptors (Lipinski definition) is 4. The first kappa shape index (κ1) is 21.8. The molecule has 7 heteroatoms. The monoisotopic (exact) mass is 426 g/mol. The van der Waals surface area contributed by atoms with Crippen LogP contribution in [-0.4, -0.2) is 38.3 Å². The molecular weight excluding hydrogens is 400 g/mol. The molecule has 6 nitrogen and oxygen atoms in total. The molecule has 0 atom stereocenters. The molecule has 3 aromatic carbocycles. The predicted octanol–water partition coefficient (Wildman–Crippen LogP) is 4.52. The van der Waals surface area contributed by atoms with Gasteiger partial charge in [-0.1, -0.05) is 44.2 Å². The van der Waals surface area contributed by atoms with Crippen molar-refractivity contribution in [3.8, 4) is 5.75 Å². The molecule has 3 rings (SSSR count). The fraction of sp³-hybridized carbons (Fsp3) is 0.261. The van der Waals surface area contributed by atoms with Gasteiger partial charge in [-0.15, -0.1) is 0 Å². The van der Waals surface area contributed by atoms with Gasteiger partial charge in [-0.3, -0.25) is 4.79 Å². The fourth-order valence-electron chi connectivity index (χ4n) is 3.29. The van der Waals surface area contributed by atoms with Crippen molar-refractivity contribution < 1.29 is 17.9 Å². The van der Waals surface area contributed by atoms with Gasteiger partial charge < -0.3 is 10.1 Å². The number of nitrogens with zero attached hydrogens (tertiary/aromatic N) is 1. The molecule has 0 saturated heterocycles. The normalized spacial score (nSPS) is 11.6. The van der Waals surface area contributed by atoms with Gasteiger partial charge in [-0.2, -0.15) is 4.31 Å². The molecule has 30 heavy (non-hydrogen) atoms. The quantitative estimate of drug-likeness (QED) is 0.575. The summed E-state index contributed by atoms with van der Waals surface area (Å²) in [5.74, 6) is 0.0872. The Balaban J connectivity index is 1.97. The van der Waals surface area contributed by atoms with E-state index in [0.717, 1.165) is 10.8 Å². The molecule has 0 radical (unpaired) electrons. The van der Waals surface area contributed by atoms with Gasteiger partial charge in [0.25, 0.3) is 5.91 Å². The number of nitrogens with one attached hydrogen (secondary N) is 1. The first-order valence-corrected chi connectivity index (χ1v) is 11.4. The summed E-state index contributed by atoms with van der Waals surface area (Å²) in [5.41, 5.74) is 0.802. The molecule has 0 spiro atoms. The smallest absolute Gasteiger partial charge is 0.255 e. The van der Waals surface area contributed by atoms with Gasteiger partial charge in [0.15, 0.2) is 0 Å². The minimum absolute atomic E-state index is 0.114. The number of benzene rings is 3. The van der Waals surface area contributed by atoms with Crippen LogP contribution in [0.4, 0.5) is 5.69 Å². The van der Waals surface area contributed by atoms with Crippen LogP contribution in [-0.2, 0) is 10.0 Å². The van der Waals surface area contributed by atoms with Crippen molar-refractivity contribution in [3.63, 3.8) is 0 Å². The Morgan fingerprint density at radius 2 is 1.63 bits per heavy atom. The first-order chi connectivity index (χ1) is 14.4. The Labute approximate surface area is 177 Å². The van der Waals surface area contributed by atoms with Gasteiger partial charge >= 0.3 is 0 Å². The lowest BCUT2D eigenvalue weighted by Crippen LogP contribution is -2.30. The summed E-state index contributed by atoms with van der Waals surface area (Å²) in [4.78, 5) is 13.0. The van der Waals surface area contributed by atoms with Crippen LogP contribution >= 0.6 is 0 Å². The van der Waals surface area contributed by atoms with Crippen molar-refractivity contribution in [2.75, 3.05) is 25.0 Å². The molecule has 158 valence electrons. The van der Waals surface area contributed by atoms with E-state index in [-0.39, 0.29) is 10.8 Å². The van der Waals surface area contributed by atoms with Crippen molar-refractivity contribution in [2.24, 2.45) is 0 Å². The molecular formula is C23H26N2O4S. The Morgan fingerprint density at radius 3 is 2.30 bits per heavy atom. The number of sulfonamides is 1. The Kier molecular flexibility index (Phi) is 6.74. The van der Waals surface area contributed by atoms with Crippen molar-refractivity contribution >= 4 is 32.4 Å². The zero-order valence-electron chi connectivity index (χ0n) is 17.4. The molecule has 0 bridgehead atoms. The molecule has 0 heterocycles. The van der Waals surface area contributed by atoms with Crippen molar-refractivity contribution in [2.45, 2.75) is 25.7 Å². The number of ether oxygens (including phenoxy) is 1. The second kappa shape index (κ2) is 9.28. The molecule has 0 aliphatic rings. The highest BCUT2D eigenvalue weighted by molar-refractivity contribution is 7.89. The highest BCUT2D eigenvalue weighted by Crippen LogP contribution is 2.30. The number of amides is 1. The van der Waals surface area contributed by atoms with Gasteiger partial charge in [0.2, 0.25) is 10.0 Å². The van der Waals surface area contributed by atoms with Crippen LogP contribution < -0.4 is 10.1 Å². The van der Waals surface area contributed by atoms with E-state index in [9.17, 15) is 13.2 Å². The number of fused-ring (bicyclic) bond motifs is 1. The number of hydrogen-bond donors (Lipinski definition) is 1. The highest BCUT2D eigenvalue weighted by atomic mass is 32.2. The first-order valence-electron chi connectivity index (χ1n) is 9.97. The van der Waals surface area contributed by atoms with Gasteiger partial charge in [-0.05, 0) is 48.0 Å². The average molecular weight is 427 g/mol. The molecule has 0 aliphatic carbocycles. The summed E-state index contributed by atoms with van der Waals surface area (Å²) < 4.78 is 32.8. The predicted molar refractivity (Wildman–Crippen MR) is 120 cm³/mol. The highest BCUT2D eigenvalue weighted by Gasteiger charge is 2.23. The second-order valence-corrected chi connectivity index (χ2v) is 8.63. The van der Waals surface area contributed by atoms with Crippen LogP contribution in [0.3, 0.4) is 0 Å². The van der Waals surface area contributed by atoms with Gasteiger partial charge in [0.05, 0.1) is 17.2 Å². The third-order valence-electron chi connectivity index (χ3n) is 4.85. The van der Waals surface area contributed by atoms with Gasteiger partial charge in [0.1, 0.15) is 5.75 Å². The second-order valence-electron chi connectivity index (χ2n) is 6.70. The van der Waals surface area contributed by atoms with E-state index in [4.69, 9.17) is 4.74 Å². The van der Waals surface area contributed by atoms with E-state index in [2.05, 4.69) is 5.32 Å². The van der Waals surface area contributed by atoms with E-state index >= 15 is 0 Å². The third-order valence-corrected chi connectivity index (χ3v) is 6.90. The van der Waals surface area contributed by atoms with Gasteiger partial charge in [0, 0.05) is 18.7 Å². The van der Waals surface area contributed by atoms with Crippen molar-refractivity contribution in [3.05, 3.63) is 66.2 Å².